The number of hydrogen-bond donors (Lipinski definition) is 1. The fraction of sp³-hybridized carbons (Fsp3) is 0.500. The van der Waals surface area contributed by atoms with E-state index < -0.39 is 0 Å². The minimum Gasteiger partial charge on any atom is -0.380 e. The van der Waals surface area contributed by atoms with Gasteiger partial charge in [-0.1, -0.05) is 12.2 Å². The molecule has 0 aliphatic heterocycles. The molecule has 1 fully saturated rings. The summed E-state index contributed by atoms with van der Waals surface area (Å²) in [5.41, 5.74) is 2.45. The van der Waals surface area contributed by atoms with E-state index in [0.29, 0.717) is 6.04 Å². The number of anilines is 1. The lowest BCUT2D eigenvalue weighted by Crippen LogP contribution is -2.29. The number of rotatable bonds is 3. The van der Waals surface area contributed by atoms with Crippen LogP contribution in [-0.4, -0.2) is 6.04 Å². The van der Waals surface area contributed by atoms with E-state index in [1.165, 1.54) is 24.1 Å². The van der Waals surface area contributed by atoms with Gasteiger partial charge < -0.3 is 5.32 Å². The molecule has 1 saturated carbocycles. The average Bonchev–Trinajstić information content (AvgIpc) is 2.95. The van der Waals surface area contributed by atoms with Gasteiger partial charge in [0.25, 0.3) is 0 Å². The van der Waals surface area contributed by atoms with Gasteiger partial charge in [-0.05, 0) is 94.0 Å². The summed E-state index contributed by atoms with van der Waals surface area (Å²) in [7, 11) is 0. The summed E-state index contributed by atoms with van der Waals surface area (Å²) in [4.78, 5) is 0. The van der Waals surface area contributed by atoms with Crippen molar-refractivity contribution in [1.29, 1.82) is 0 Å². The molecule has 1 nitrogen and oxygen atoms in total. The Morgan fingerprint density at radius 3 is 2.37 bits per heavy atom. The maximum absolute atomic E-state index is 3.70. The van der Waals surface area contributed by atoms with E-state index in [1.54, 1.807) is 0 Å². The van der Waals surface area contributed by atoms with Gasteiger partial charge in [0.1, 0.15) is 0 Å². The highest BCUT2D eigenvalue weighted by atomic mass is 79.9. The monoisotopic (exact) mass is 383 g/mol. The molecule has 4 atom stereocenters. The first kappa shape index (κ1) is 13.7. The minimum atomic E-state index is 0.509. The van der Waals surface area contributed by atoms with Crippen LogP contribution in [0.5, 0.6) is 0 Å². The summed E-state index contributed by atoms with van der Waals surface area (Å²) < 4.78 is 2.29. The summed E-state index contributed by atoms with van der Waals surface area (Å²) in [6.45, 7) is 4.43. The first-order valence-corrected chi connectivity index (χ1v) is 8.53. The summed E-state index contributed by atoms with van der Waals surface area (Å²) in [5.74, 6) is 2.40. The Labute approximate surface area is 132 Å². The predicted molar refractivity (Wildman–Crippen MR) is 88.5 cm³/mol. The highest BCUT2D eigenvalue weighted by Gasteiger charge is 2.38. The van der Waals surface area contributed by atoms with Crippen LogP contribution in [0.1, 0.15) is 25.3 Å². The van der Waals surface area contributed by atoms with Crippen LogP contribution in [0.15, 0.2) is 33.2 Å². The third-order valence-corrected chi connectivity index (χ3v) is 5.78. The van der Waals surface area contributed by atoms with Gasteiger partial charge >= 0.3 is 0 Å². The zero-order chi connectivity index (χ0) is 13.6. The number of benzene rings is 1. The fourth-order valence-electron chi connectivity index (χ4n) is 3.57. The number of halogens is 2. The molecule has 3 heteroatoms. The zero-order valence-electron chi connectivity index (χ0n) is 11.3. The van der Waals surface area contributed by atoms with Crippen LogP contribution in [0.25, 0.3) is 0 Å². The molecule has 4 unspecified atom stereocenters. The van der Waals surface area contributed by atoms with Gasteiger partial charge in [0.15, 0.2) is 0 Å². The van der Waals surface area contributed by atoms with Gasteiger partial charge in [-0.3, -0.25) is 0 Å². The molecule has 0 amide bonds. The maximum atomic E-state index is 3.70. The number of aryl methyl sites for hydroxylation is 1. The Bertz CT molecular complexity index is 500. The number of hydrogen-bond acceptors (Lipinski definition) is 1. The molecule has 1 aromatic rings. The Balaban J connectivity index is 1.77. The van der Waals surface area contributed by atoms with Gasteiger partial charge in [-0.15, -0.1) is 0 Å². The van der Waals surface area contributed by atoms with Gasteiger partial charge in [-0.2, -0.15) is 0 Å². The molecule has 19 heavy (non-hydrogen) atoms. The molecule has 1 aromatic carbocycles. The van der Waals surface area contributed by atoms with Crippen molar-refractivity contribution in [1.82, 2.24) is 0 Å². The lowest BCUT2D eigenvalue weighted by molar-refractivity contribution is 0.399. The Hall–Kier alpha value is -0.280. The largest absolute Gasteiger partial charge is 0.380 e. The second-order valence-electron chi connectivity index (χ2n) is 5.98. The number of fused-ring (bicyclic) bond motifs is 2. The van der Waals surface area contributed by atoms with E-state index in [1.807, 2.05) is 0 Å². The minimum absolute atomic E-state index is 0.509. The normalized spacial score (nSPS) is 29.8. The third kappa shape index (κ3) is 2.64. The highest BCUT2D eigenvalue weighted by Crippen LogP contribution is 2.46. The van der Waals surface area contributed by atoms with Crippen molar-refractivity contribution in [2.75, 3.05) is 5.32 Å². The SMILES string of the molecule is Cc1cc(Br)c(NC(C)C2CC3C=CC2C3)c(Br)c1. The first-order chi connectivity index (χ1) is 9.04. The van der Waals surface area contributed by atoms with Gasteiger partial charge in [0.05, 0.1) is 5.69 Å². The van der Waals surface area contributed by atoms with Crippen LogP contribution in [-0.2, 0) is 0 Å². The molecule has 3 rings (SSSR count). The molecule has 0 heterocycles. The van der Waals surface area contributed by atoms with E-state index in [0.717, 1.165) is 26.7 Å². The highest BCUT2D eigenvalue weighted by molar-refractivity contribution is 9.11. The van der Waals surface area contributed by atoms with E-state index in [2.05, 4.69) is 75.3 Å². The van der Waals surface area contributed by atoms with Gasteiger partial charge in [0, 0.05) is 15.0 Å². The van der Waals surface area contributed by atoms with E-state index in [4.69, 9.17) is 0 Å². The third-order valence-electron chi connectivity index (χ3n) is 4.53. The Kier molecular flexibility index (Phi) is 3.78. The van der Waals surface area contributed by atoms with E-state index >= 15 is 0 Å². The molecule has 0 aromatic heterocycles. The van der Waals surface area contributed by atoms with Crippen molar-refractivity contribution in [3.8, 4) is 0 Å². The molecule has 0 spiro atoms. The summed E-state index contributed by atoms with van der Waals surface area (Å²) in [5, 5.41) is 3.70. The molecule has 0 radical (unpaired) electrons. The molecule has 2 aliphatic carbocycles. The predicted octanol–water partition coefficient (Wildman–Crippen LogP) is 5.53. The fourth-order valence-corrected chi connectivity index (χ4v) is 5.21. The molecule has 1 N–H and O–H groups in total. The lowest BCUT2D eigenvalue weighted by atomic mass is 9.87. The van der Waals surface area contributed by atoms with Gasteiger partial charge in [-0.25, -0.2) is 0 Å². The molecular weight excluding hydrogens is 366 g/mol. The van der Waals surface area contributed by atoms with Crippen molar-refractivity contribution in [2.24, 2.45) is 17.8 Å². The Morgan fingerprint density at radius 2 is 1.84 bits per heavy atom. The van der Waals surface area contributed by atoms with Crippen molar-refractivity contribution in [3.05, 3.63) is 38.8 Å². The smallest absolute Gasteiger partial charge is 0.0631 e. The van der Waals surface area contributed by atoms with Crippen LogP contribution >= 0.6 is 31.9 Å². The quantitative estimate of drug-likeness (QED) is 0.675. The Morgan fingerprint density at radius 1 is 1.16 bits per heavy atom. The topological polar surface area (TPSA) is 12.0 Å². The summed E-state index contributed by atoms with van der Waals surface area (Å²) >= 11 is 7.34. The zero-order valence-corrected chi connectivity index (χ0v) is 14.5. The molecule has 2 bridgehead atoms. The van der Waals surface area contributed by atoms with Crippen molar-refractivity contribution >= 4 is 37.5 Å². The van der Waals surface area contributed by atoms with Crippen LogP contribution in [0.3, 0.4) is 0 Å². The maximum Gasteiger partial charge on any atom is 0.0631 e. The van der Waals surface area contributed by atoms with Crippen LogP contribution < -0.4 is 5.32 Å². The molecular formula is C16H19Br2N. The molecule has 102 valence electrons. The molecule has 2 aliphatic rings. The second kappa shape index (κ2) is 5.25. The van der Waals surface area contributed by atoms with Crippen molar-refractivity contribution < 1.29 is 0 Å². The van der Waals surface area contributed by atoms with Crippen molar-refractivity contribution in [2.45, 2.75) is 32.7 Å². The van der Waals surface area contributed by atoms with Crippen LogP contribution in [0.2, 0.25) is 0 Å². The van der Waals surface area contributed by atoms with Crippen LogP contribution in [0.4, 0.5) is 5.69 Å². The van der Waals surface area contributed by atoms with E-state index in [-0.39, 0.29) is 0 Å². The lowest BCUT2D eigenvalue weighted by Gasteiger charge is -2.28. The standard InChI is InChI=1S/C16H19Br2N/c1-9-5-14(17)16(15(18)6-9)19-10(2)13-8-11-3-4-12(13)7-11/h3-6,10-13,19H,7-8H2,1-2H3. The van der Waals surface area contributed by atoms with Crippen LogP contribution in [0, 0.1) is 24.7 Å². The number of allylic oxidation sites excluding steroid dienone is 2. The summed E-state index contributed by atoms with van der Waals surface area (Å²) in [6, 6.07) is 4.84. The average molecular weight is 385 g/mol. The number of nitrogens with one attached hydrogen (secondary N) is 1. The van der Waals surface area contributed by atoms with Crippen molar-refractivity contribution in [3.63, 3.8) is 0 Å². The van der Waals surface area contributed by atoms with E-state index in [9.17, 15) is 0 Å². The molecule has 0 saturated heterocycles. The second-order valence-corrected chi connectivity index (χ2v) is 7.69. The van der Waals surface area contributed by atoms with Gasteiger partial charge in [0.2, 0.25) is 0 Å². The summed E-state index contributed by atoms with van der Waals surface area (Å²) in [6.07, 6.45) is 7.55. The first-order valence-electron chi connectivity index (χ1n) is 6.95.